The van der Waals surface area contributed by atoms with E-state index in [0.29, 0.717) is 12.8 Å². The van der Waals surface area contributed by atoms with Crippen molar-refractivity contribution in [1.82, 2.24) is 0 Å². The Morgan fingerprint density at radius 3 is 2.44 bits per heavy atom. The first-order chi connectivity index (χ1) is 11.9. The van der Waals surface area contributed by atoms with Gasteiger partial charge in [0.25, 0.3) is 0 Å². The van der Waals surface area contributed by atoms with Crippen LogP contribution in [0.15, 0.2) is 43.0 Å². The molecule has 0 aliphatic heterocycles. The average molecular weight is 363 g/mol. The summed E-state index contributed by atoms with van der Waals surface area (Å²) in [4.78, 5) is 0. The van der Waals surface area contributed by atoms with Crippen molar-refractivity contribution in [1.29, 1.82) is 0 Å². The molecule has 0 heterocycles. The summed E-state index contributed by atoms with van der Waals surface area (Å²) in [5.41, 5.74) is -1.60. The molecule has 0 unspecified atom stereocenters. The smallest absolute Gasteiger partial charge is 0.0866 e. The van der Waals surface area contributed by atoms with Crippen LogP contribution in [0.5, 0.6) is 0 Å². The zero-order valence-electron chi connectivity index (χ0n) is 15.7. The third-order valence-electron chi connectivity index (χ3n) is 6.66. The van der Waals surface area contributed by atoms with E-state index in [1.165, 1.54) is 5.19 Å². The van der Waals surface area contributed by atoms with E-state index in [4.69, 9.17) is 0 Å². The molecule has 3 atom stereocenters. The quantitative estimate of drug-likeness (QED) is 0.359. The largest absolute Gasteiger partial charge is 0.396 e. The molecule has 1 aromatic carbocycles. The van der Waals surface area contributed by atoms with Crippen LogP contribution >= 0.6 is 0 Å². The Bertz CT molecular complexity index is 560. The molecule has 25 heavy (non-hydrogen) atoms. The van der Waals surface area contributed by atoms with Gasteiger partial charge in [0.15, 0.2) is 0 Å². The van der Waals surface area contributed by atoms with E-state index in [2.05, 4.69) is 31.8 Å². The molecule has 0 radical (unpaired) electrons. The Kier molecular flexibility index (Phi) is 6.66. The Hall–Kier alpha value is -0.943. The maximum Gasteiger partial charge on any atom is 0.0866 e. The predicted octanol–water partition coefficient (Wildman–Crippen LogP) is 3.21. The fourth-order valence-corrected chi connectivity index (χ4v) is 8.88. The molecule has 3 N–H and O–H groups in total. The Labute approximate surface area is 153 Å². The molecule has 1 fully saturated rings. The number of benzene rings is 1. The molecule has 0 bridgehead atoms. The van der Waals surface area contributed by atoms with Gasteiger partial charge >= 0.3 is 0 Å². The lowest BCUT2D eigenvalue weighted by Gasteiger charge is -2.51. The van der Waals surface area contributed by atoms with E-state index in [9.17, 15) is 15.3 Å². The summed E-state index contributed by atoms with van der Waals surface area (Å²) in [5, 5.41) is 33.7. The fourth-order valence-electron chi connectivity index (χ4n) is 5.09. The summed E-state index contributed by atoms with van der Waals surface area (Å²) >= 11 is 0. The van der Waals surface area contributed by atoms with E-state index in [-0.39, 0.29) is 18.8 Å². The molecule has 1 saturated carbocycles. The van der Waals surface area contributed by atoms with Crippen molar-refractivity contribution in [2.24, 2.45) is 5.41 Å². The average Bonchev–Trinajstić information content (AvgIpc) is 2.94. The summed E-state index contributed by atoms with van der Waals surface area (Å²) in [7, 11) is -2.09. The summed E-state index contributed by atoms with van der Waals surface area (Å²) in [6, 6.07) is 10.3. The van der Waals surface area contributed by atoms with Crippen molar-refractivity contribution < 1.29 is 15.3 Å². The minimum atomic E-state index is -2.09. The van der Waals surface area contributed by atoms with Crippen LogP contribution in [0.2, 0.25) is 18.6 Å². The van der Waals surface area contributed by atoms with E-state index >= 15 is 0 Å². The molecule has 0 saturated heterocycles. The predicted molar refractivity (Wildman–Crippen MR) is 107 cm³/mol. The zero-order valence-corrected chi connectivity index (χ0v) is 16.7. The van der Waals surface area contributed by atoms with Crippen molar-refractivity contribution in [2.45, 2.75) is 62.8 Å². The van der Waals surface area contributed by atoms with Gasteiger partial charge in [0, 0.05) is 12.0 Å². The molecule has 0 spiro atoms. The lowest BCUT2D eigenvalue weighted by Crippen LogP contribution is -2.60. The Morgan fingerprint density at radius 2 is 1.88 bits per heavy atom. The third-order valence-corrected chi connectivity index (χ3v) is 11.0. The number of aliphatic hydroxyl groups is 3. The molecular weight excluding hydrogens is 328 g/mol. The van der Waals surface area contributed by atoms with Gasteiger partial charge in [-0.2, -0.15) is 0 Å². The second-order valence-electron chi connectivity index (χ2n) is 8.20. The summed E-state index contributed by atoms with van der Waals surface area (Å²) < 4.78 is 0. The molecule has 0 aromatic heterocycles. The molecule has 3 nitrogen and oxygen atoms in total. The SMILES string of the molecule is C=CCCC[C@]1(O)CCC[C@]1(CO)[C@H](CO)[Si](C)(C)c1ccccc1. The van der Waals surface area contributed by atoms with Gasteiger partial charge in [0.05, 0.1) is 20.3 Å². The van der Waals surface area contributed by atoms with Crippen molar-refractivity contribution in [3.63, 3.8) is 0 Å². The Morgan fingerprint density at radius 1 is 1.20 bits per heavy atom. The minimum Gasteiger partial charge on any atom is -0.396 e. The van der Waals surface area contributed by atoms with Crippen LogP contribution in [0.3, 0.4) is 0 Å². The lowest BCUT2D eigenvalue weighted by atomic mass is 9.69. The van der Waals surface area contributed by atoms with E-state index in [1.54, 1.807) is 0 Å². The molecule has 1 aliphatic carbocycles. The third kappa shape index (κ3) is 3.63. The first-order valence-corrected chi connectivity index (χ1v) is 12.6. The van der Waals surface area contributed by atoms with Crippen molar-refractivity contribution in [2.75, 3.05) is 13.2 Å². The van der Waals surface area contributed by atoms with Gasteiger partial charge < -0.3 is 15.3 Å². The van der Waals surface area contributed by atoms with Gasteiger partial charge in [-0.1, -0.05) is 54.7 Å². The van der Waals surface area contributed by atoms with Crippen LogP contribution in [0.1, 0.15) is 38.5 Å². The van der Waals surface area contributed by atoms with Crippen LogP contribution in [0.4, 0.5) is 0 Å². The van der Waals surface area contributed by atoms with E-state index in [0.717, 1.165) is 25.7 Å². The Balaban J connectivity index is 2.42. The van der Waals surface area contributed by atoms with E-state index < -0.39 is 19.1 Å². The number of rotatable bonds is 9. The monoisotopic (exact) mass is 362 g/mol. The van der Waals surface area contributed by atoms with Gasteiger partial charge in [-0.05, 0) is 44.1 Å². The van der Waals surface area contributed by atoms with Crippen LogP contribution in [0.25, 0.3) is 0 Å². The van der Waals surface area contributed by atoms with Gasteiger partial charge in [-0.15, -0.1) is 6.58 Å². The van der Waals surface area contributed by atoms with Gasteiger partial charge in [0.2, 0.25) is 0 Å². The number of hydrogen-bond acceptors (Lipinski definition) is 3. The van der Waals surface area contributed by atoms with E-state index in [1.807, 2.05) is 24.3 Å². The fraction of sp³-hybridized carbons (Fsp3) is 0.619. The first-order valence-electron chi connectivity index (χ1n) is 9.48. The van der Waals surface area contributed by atoms with Crippen molar-refractivity contribution >= 4 is 13.3 Å². The maximum atomic E-state index is 11.6. The zero-order chi connectivity index (χ0) is 18.6. The van der Waals surface area contributed by atoms with Crippen LogP contribution in [-0.4, -0.2) is 42.2 Å². The minimum absolute atomic E-state index is 0.0123. The second kappa shape index (κ2) is 8.17. The number of allylic oxidation sites excluding steroid dienone is 1. The highest BCUT2D eigenvalue weighted by atomic mass is 28.3. The lowest BCUT2D eigenvalue weighted by molar-refractivity contribution is -0.103. The number of hydrogen-bond donors (Lipinski definition) is 3. The molecule has 1 aliphatic rings. The topological polar surface area (TPSA) is 60.7 Å². The van der Waals surface area contributed by atoms with Gasteiger partial charge in [-0.25, -0.2) is 0 Å². The van der Waals surface area contributed by atoms with Crippen LogP contribution in [0, 0.1) is 5.41 Å². The molecule has 4 heteroatoms. The maximum absolute atomic E-state index is 11.6. The summed E-state index contributed by atoms with van der Waals surface area (Å²) in [6.07, 6.45) is 6.67. The van der Waals surface area contributed by atoms with Gasteiger partial charge in [-0.3, -0.25) is 0 Å². The summed E-state index contributed by atoms with van der Waals surface area (Å²) in [5.74, 6) is 0. The van der Waals surface area contributed by atoms with Crippen molar-refractivity contribution in [3.8, 4) is 0 Å². The van der Waals surface area contributed by atoms with Crippen molar-refractivity contribution in [3.05, 3.63) is 43.0 Å². The molecule has 2 rings (SSSR count). The standard InChI is InChI=1S/C21H34O3Si/c1-4-5-9-14-21(24)15-10-13-20(21,17-23)19(16-22)25(2,3)18-11-7-6-8-12-18/h4,6-8,11-12,19,22-24H,1,5,9-10,13-17H2,2-3H3/t19-,20-,21-/m0/s1. The highest BCUT2D eigenvalue weighted by Gasteiger charge is 2.60. The van der Waals surface area contributed by atoms with Crippen LogP contribution in [-0.2, 0) is 0 Å². The second-order valence-corrected chi connectivity index (χ2v) is 12.9. The number of unbranched alkanes of at least 4 members (excludes halogenated alkanes) is 1. The molecular formula is C21H34O3Si. The van der Waals surface area contributed by atoms with Crippen LogP contribution < -0.4 is 5.19 Å². The highest BCUT2D eigenvalue weighted by molar-refractivity contribution is 6.91. The summed E-state index contributed by atoms with van der Waals surface area (Å²) in [6.45, 7) is 8.23. The molecule has 140 valence electrons. The highest BCUT2D eigenvalue weighted by Crippen LogP contribution is 2.58. The first kappa shape index (κ1) is 20.4. The number of aliphatic hydroxyl groups excluding tert-OH is 2. The molecule has 0 amide bonds. The molecule has 1 aromatic rings. The normalized spacial score (nSPS) is 28.0. The van der Waals surface area contributed by atoms with Gasteiger partial charge in [0.1, 0.15) is 0 Å².